The molecule has 0 N–H and O–H groups in total. The molecule has 2 saturated heterocycles. The Balaban J connectivity index is 1.17. The van der Waals surface area contributed by atoms with Crippen molar-refractivity contribution in [2.24, 2.45) is 7.05 Å². The fourth-order valence-electron chi connectivity index (χ4n) is 5.67. The van der Waals surface area contributed by atoms with Crippen molar-refractivity contribution in [3.63, 3.8) is 0 Å². The van der Waals surface area contributed by atoms with Gasteiger partial charge in [0.15, 0.2) is 0 Å². The summed E-state index contributed by atoms with van der Waals surface area (Å²) in [7, 11) is 3.83. The Morgan fingerprint density at radius 1 is 0.857 bits per heavy atom. The maximum atomic E-state index is 13.6. The van der Waals surface area contributed by atoms with Crippen molar-refractivity contribution in [2.45, 2.75) is 31.5 Å². The van der Waals surface area contributed by atoms with Crippen molar-refractivity contribution in [2.75, 3.05) is 20.1 Å². The SMILES string of the molecule is CN1C(=O)N(Cc2ccc3ccccc3c2)C(=O)C12CCN(Cc1nc3ccccc3n1C)CC2. The van der Waals surface area contributed by atoms with E-state index in [1.807, 2.05) is 43.4 Å². The third-order valence-electron chi connectivity index (χ3n) is 7.89. The molecule has 3 amide bonds. The smallest absolute Gasteiger partial charge is 0.327 e. The molecule has 2 fully saturated rings. The van der Waals surface area contributed by atoms with Gasteiger partial charge in [0.1, 0.15) is 11.4 Å². The number of aryl methyl sites for hydroxylation is 1. The maximum absolute atomic E-state index is 13.6. The normalized spacial score (nSPS) is 18.5. The molecule has 35 heavy (non-hydrogen) atoms. The molecule has 0 saturated carbocycles. The van der Waals surface area contributed by atoms with Crippen LogP contribution in [0.4, 0.5) is 4.79 Å². The topological polar surface area (TPSA) is 61.7 Å². The van der Waals surface area contributed by atoms with Gasteiger partial charge in [-0.15, -0.1) is 0 Å². The molecule has 4 aromatic rings. The molecule has 3 heterocycles. The number of rotatable bonds is 4. The molecule has 0 aliphatic carbocycles. The molecule has 2 aliphatic rings. The number of piperidine rings is 1. The third kappa shape index (κ3) is 3.49. The summed E-state index contributed by atoms with van der Waals surface area (Å²) >= 11 is 0. The summed E-state index contributed by atoms with van der Waals surface area (Å²) in [5.41, 5.74) is 2.34. The van der Waals surface area contributed by atoms with Gasteiger partial charge in [0.2, 0.25) is 0 Å². The molecule has 0 unspecified atom stereocenters. The Labute approximate surface area is 204 Å². The highest BCUT2D eigenvalue weighted by molar-refractivity contribution is 6.07. The Morgan fingerprint density at radius 3 is 2.34 bits per heavy atom. The number of urea groups is 1. The lowest BCUT2D eigenvalue weighted by molar-refractivity contribution is -0.135. The van der Waals surface area contributed by atoms with E-state index in [-0.39, 0.29) is 11.9 Å². The van der Waals surface area contributed by atoms with Crippen LogP contribution in [-0.4, -0.2) is 61.9 Å². The van der Waals surface area contributed by atoms with Crippen molar-refractivity contribution < 1.29 is 9.59 Å². The molecule has 178 valence electrons. The largest absolute Gasteiger partial charge is 0.330 e. The molecule has 6 rings (SSSR count). The van der Waals surface area contributed by atoms with E-state index in [0.717, 1.165) is 52.8 Å². The number of hydrogen-bond acceptors (Lipinski definition) is 4. The van der Waals surface area contributed by atoms with Crippen LogP contribution < -0.4 is 0 Å². The van der Waals surface area contributed by atoms with Gasteiger partial charge in [0.25, 0.3) is 5.91 Å². The van der Waals surface area contributed by atoms with E-state index in [4.69, 9.17) is 4.98 Å². The molecule has 0 radical (unpaired) electrons. The minimum Gasteiger partial charge on any atom is -0.330 e. The molecule has 7 heteroatoms. The zero-order valence-electron chi connectivity index (χ0n) is 20.1. The van der Waals surface area contributed by atoms with Gasteiger partial charge in [-0.3, -0.25) is 14.6 Å². The molecular formula is C28H29N5O2. The van der Waals surface area contributed by atoms with Crippen molar-refractivity contribution in [3.05, 3.63) is 78.1 Å². The van der Waals surface area contributed by atoms with Crippen LogP contribution in [0.3, 0.4) is 0 Å². The van der Waals surface area contributed by atoms with Crippen LogP contribution in [0.1, 0.15) is 24.2 Å². The van der Waals surface area contributed by atoms with E-state index in [9.17, 15) is 9.59 Å². The van der Waals surface area contributed by atoms with Crippen LogP contribution in [-0.2, 0) is 24.9 Å². The van der Waals surface area contributed by atoms with E-state index >= 15 is 0 Å². The molecule has 3 aromatic carbocycles. The number of hydrogen-bond donors (Lipinski definition) is 0. The Morgan fingerprint density at radius 2 is 1.57 bits per heavy atom. The lowest BCUT2D eigenvalue weighted by atomic mass is 9.86. The van der Waals surface area contributed by atoms with Crippen molar-refractivity contribution >= 4 is 33.7 Å². The lowest BCUT2D eigenvalue weighted by Gasteiger charge is -2.40. The average molecular weight is 468 g/mol. The van der Waals surface area contributed by atoms with E-state index < -0.39 is 5.54 Å². The first kappa shape index (κ1) is 21.8. The summed E-state index contributed by atoms with van der Waals surface area (Å²) in [5, 5.41) is 2.26. The predicted molar refractivity (Wildman–Crippen MR) is 136 cm³/mol. The van der Waals surface area contributed by atoms with Gasteiger partial charge in [-0.1, -0.05) is 48.5 Å². The summed E-state index contributed by atoms with van der Waals surface area (Å²) in [6, 6.07) is 22.2. The molecule has 0 atom stereocenters. The summed E-state index contributed by atoms with van der Waals surface area (Å²) in [4.78, 5) is 37.1. The summed E-state index contributed by atoms with van der Waals surface area (Å²) in [6.07, 6.45) is 1.26. The Hall–Kier alpha value is -3.71. The van der Waals surface area contributed by atoms with E-state index in [1.165, 1.54) is 4.90 Å². The number of aromatic nitrogens is 2. The highest BCUT2D eigenvalue weighted by Gasteiger charge is 2.56. The number of carbonyl (C=O) groups excluding carboxylic acids is 2. The van der Waals surface area contributed by atoms with Crippen LogP contribution in [0.5, 0.6) is 0 Å². The zero-order valence-corrected chi connectivity index (χ0v) is 20.1. The number of benzene rings is 3. The molecule has 1 spiro atoms. The minimum absolute atomic E-state index is 0.0689. The van der Waals surface area contributed by atoms with Gasteiger partial charge in [-0.2, -0.15) is 0 Å². The Bertz CT molecular complexity index is 1450. The quantitative estimate of drug-likeness (QED) is 0.423. The van der Waals surface area contributed by atoms with Crippen molar-refractivity contribution in [1.29, 1.82) is 0 Å². The monoisotopic (exact) mass is 467 g/mol. The predicted octanol–water partition coefficient (Wildman–Crippen LogP) is 4.16. The second-order valence-corrected chi connectivity index (χ2v) is 9.80. The number of nitrogens with zero attached hydrogens (tertiary/aromatic N) is 5. The fraction of sp³-hybridized carbons (Fsp3) is 0.321. The van der Waals surface area contributed by atoms with Crippen molar-refractivity contribution in [3.8, 4) is 0 Å². The fourth-order valence-corrected chi connectivity index (χ4v) is 5.67. The summed E-state index contributed by atoms with van der Waals surface area (Å²) in [5.74, 6) is 0.947. The molecule has 0 bridgehead atoms. The first-order valence-corrected chi connectivity index (χ1v) is 12.2. The van der Waals surface area contributed by atoms with Crippen LogP contribution in [0.25, 0.3) is 21.8 Å². The second-order valence-electron chi connectivity index (χ2n) is 9.80. The van der Waals surface area contributed by atoms with Gasteiger partial charge in [0.05, 0.1) is 24.1 Å². The average Bonchev–Trinajstić information content (AvgIpc) is 3.28. The van der Waals surface area contributed by atoms with Gasteiger partial charge in [0, 0.05) is 27.2 Å². The highest BCUT2D eigenvalue weighted by Crippen LogP contribution is 2.37. The molecule has 1 aromatic heterocycles. The van der Waals surface area contributed by atoms with Crippen LogP contribution in [0.2, 0.25) is 0 Å². The number of amides is 3. The highest BCUT2D eigenvalue weighted by atomic mass is 16.2. The number of likely N-dealkylation sites (tertiary alicyclic amines) is 1. The van der Waals surface area contributed by atoms with Crippen molar-refractivity contribution in [1.82, 2.24) is 24.3 Å². The van der Waals surface area contributed by atoms with Crippen LogP contribution in [0, 0.1) is 0 Å². The van der Waals surface area contributed by atoms with E-state index in [1.54, 1.807) is 11.9 Å². The zero-order chi connectivity index (χ0) is 24.2. The second kappa shape index (κ2) is 8.20. The van der Waals surface area contributed by atoms with E-state index in [2.05, 4.69) is 39.8 Å². The third-order valence-corrected chi connectivity index (χ3v) is 7.89. The number of para-hydroxylation sites is 2. The number of likely N-dealkylation sites (N-methyl/N-ethyl adjacent to an activating group) is 1. The summed E-state index contributed by atoms with van der Waals surface area (Å²) in [6.45, 7) is 2.53. The minimum atomic E-state index is -0.753. The van der Waals surface area contributed by atoms with Gasteiger partial charge >= 0.3 is 6.03 Å². The standard InChI is InChI=1S/C28H29N5O2/c1-30-24-10-6-5-9-23(24)29-25(30)19-32-15-13-28(14-16-32)26(34)33(27(35)31(28)2)18-20-11-12-21-7-3-4-8-22(21)17-20/h3-12,17H,13-16,18-19H2,1-2H3. The van der Waals surface area contributed by atoms with E-state index in [0.29, 0.717) is 19.4 Å². The first-order chi connectivity index (χ1) is 17.0. The number of imidazole rings is 1. The number of imide groups is 1. The van der Waals surface area contributed by atoms with Gasteiger partial charge < -0.3 is 9.47 Å². The van der Waals surface area contributed by atoms with Crippen LogP contribution in [0.15, 0.2) is 66.7 Å². The van der Waals surface area contributed by atoms with Crippen LogP contribution >= 0.6 is 0 Å². The molecule has 7 nitrogen and oxygen atoms in total. The van der Waals surface area contributed by atoms with Gasteiger partial charge in [-0.05, 0) is 47.4 Å². The molecule has 2 aliphatic heterocycles. The maximum Gasteiger partial charge on any atom is 0.327 e. The van der Waals surface area contributed by atoms with Gasteiger partial charge in [-0.25, -0.2) is 9.78 Å². The molecular weight excluding hydrogens is 438 g/mol. The summed E-state index contributed by atoms with van der Waals surface area (Å²) < 4.78 is 2.14. The number of carbonyl (C=O) groups is 2. The number of fused-ring (bicyclic) bond motifs is 2. The lowest BCUT2D eigenvalue weighted by Crippen LogP contribution is -2.55. The Kier molecular flexibility index (Phi) is 5.11. The first-order valence-electron chi connectivity index (χ1n) is 12.2.